The molecule has 0 bridgehead atoms. The Morgan fingerprint density at radius 1 is 1.35 bits per heavy atom. The number of carboxylic acids is 1. The van der Waals surface area contributed by atoms with E-state index in [1.165, 1.54) is 0 Å². The van der Waals surface area contributed by atoms with Gasteiger partial charge in [0.1, 0.15) is 17.5 Å². The zero-order valence-corrected chi connectivity index (χ0v) is 11.4. The van der Waals surface area contributed by atoms with Crippen molar-refractivity contribution in [1.82, 2.24) is 9.97 Å². The van der Waals surface area contributed by atoms with Crippen molar-refractivity contribution in [2.75, 3.05) is 7.11 Å². The Kier molecular flexibility index (Phi) is 4.30. The van der Waals surface area contributed by atoms with Crippen LogP contribution in [-0.2, 0) is 11.2 Å². The van der Waals surface area contributed by atoms with Gasteiger partial charge in [0.05, 0.1) is 7.11 Å². The molecule has 0 radical (unpaired) electrons. The molecule has 104 valence electrons. The summed E-state index contributed by atoms with van der Waals surface area (Å²) in [5.41, 5.74) is 1.58. The van der Waals surface area contributed by atoms with Gasteiger partial charge in [0.15, 0.2) is 0 Å². The minimum atomic E-state index is -0.943. The first-order chi connectivity index (χ1) is 9.61. The van der Waals surface area contributed by atoms with E-state index in [1.54, 1.807) is 19.4 Å². The van der Waals surface area contributed by atoms with Crippen molar-refractivity contribution in [3.05, 3.63) is 53.6 Å². The Morgan fingerprint density at radius 2 is 2.10 bits per heavy atom. The maximum Gasteiger partial charge on any atom is 0.314 e. The lowest BCUT2D eigenvalue weighted by molar-refractivity contribution is -0.139. The lowest BCUT2D eigenvalue weighted by atomic mass is 9.97. The molecule has 5 heteroatoms. The number of methoxy groups -OCH3 is 1. The molecule has 20 heavy (non-hydrogen) atoms. The molecule has 1 heterocycles. The minimum absolute atomic E-state index is 0.294. The van der Waals surface area contributed by atoms with E-state index in [4.69, 9.17) is 4.74 Å². The monoisotopic (exact) mass is 272 g/mol. The molecular formula is C15H16N2O3. The summed E-state index contributed by atoms with van der Waals surface area (Å²) >= 11 is 0. The number of para-hydroxylation sites is 1. The Labute approximate surface area is 117 Å². The Balaban J connectivity index is 2.33. The molecule has 2 aromatic rings. The molecule has 1 N–H and O–H groups in total. The van der Waals surface area contributed by atoms with Gasteiger partial charge in [0.2, 0.25) is 0 Å². The molecule has 0 aliphatic heterocycles. The normalized spacial score (nSPS) is 11.9. The Morgan fingerprint density at radius 3 is 2.75 bits per heavy atom. The number of hydrogen-bond donors (Lipinski definition) is 1. The van der Waals surface area contributed by atoms with Crippen molar-refractivity contribution in [1.29, 1.82) is 0 Å². The van der Waals surface area contributed by atoms with E-state index in [0.717, 1.165) is 11.3 Å². The third kappa shape index (κ3) is 3.12. The molecular weight excluding hydrogens is 256 g/mol. The maximum absolute atomic E-state index is 11.5. The summed E-state index contributed by atoms with van der Waals surface area (Å²) in [7, 11) is 1.57. The summed E-state index contributed by atoms with van der Waals surface area (Å²) in [6.07, 6.45) is 1.87. The Hall–Kier alpha value is -2.43. The van der Waals surface area contributed by atoms with E-state index in [2.05, 4.69) is 9.97 Å². The van der Waals surface area contributed by atoms with Crippen LogP contribution in [-0.4, -0.2) is 28.2 Å². The second kappa shape index (κ2) is 6.14. The fourth-order valence-electron chi connectivity index (χ4n) is 2.02. The number of aromatic nitrogens is 2. The number of carboxylic acid groups (broad SMARTS) is 1. The minimum Gasteiger partial charge on any atom is -0.496 e. The van der Waals surface area contributed by atoms with Crippen LogP contribution in [0.3, 0.4) is 0 Å². The van der Waals surface area contributed by atoms with Gasteiger partial charge in [-0.1, -0.05) is 18.2 Å². The predicted octanol–water partition coefficient (Wildman–Crippen LogP) is 2.20. The predicted molar refractivity (Wildman–Crippen MR) is 73.8 cm³/mol. The van der Waals surface area contributed by atoms with Crippen LogP contribution in [0.2, 0.25) is 0 Å². The smallest absolute Gasteiger partial charge is 0.314 e. The van der Waals surface area contributed by atoms with Gasteiger partial charge in [-0.25, -0.2) is 9.97 Å². The Bertz CT molecular complexity index is 614. The van der Waals surface area contributed by atoms with Gasteiger partial charge >= 0.3 is 5.97 Å². The van der Waals surface area contributed by atoms with Crippen molar-refractivity contribution in [3.8, 4) is 5.75 Å². The molecule has 0 spiro atoms. The number of ether oxygens (including phenoxy) is 1. The van der Waals surface area contributed by atoms with Crippen LogP contribution in [0.15, 0.2) is 36.5 Å². The molecule has 1 unspecified atom stereocenters. The van der Waals surface area contributed by atoms with Gasteiger partial charge in [-0.05, 0) is 31.0 Å². The van der Waals surface area contributed by atoms with Crippen LogP contribution in [0.4, 0.5) is 0 Å². The summed E-state index contributed by atoms with van der Waals surface area (Å²) in [4.78, 5) is 19.8. The lowest BCUT2D eigenvalue weighted by Crippen LogP contribution is -2.18. The maximum atomic E-state index is 11.5. The molecule has 1 aromatic heterocycles. The molecule has 0 amide bonds. The molecule has 0 fully saturated rings. The highest BCUT2D eigenvalue weighted by Gasteiger charge is 2.24. The van der Waals surface area contributed by atoms with Gasteiger partial charge in [0, 0.05) is 11.9 Å². The van der Waals surface area contributed by atoms with Crippen molar-refractivity contribution < 1.29 is 14.6 Å². The molecule has 0 saturated heterocycles. The third-order valence-corrected chi connectivity index (χ3v) is 3.04. The number of carbonyl (C=O) groups is 1. The number of rotatable bonds is 5. The summed E-state index contributed by atoms with van der Waals surface area (Å²) in [5, 5.41) is 9.42. The highest BCUT2D eigenvalue weighted by atomic mass is 16.5. The van der Waals surface area contributed by atoms with Crippen LogP contribution in [0.5, 0.6) is 5.75 Å². The number of aryl methyl sites for hydroxylation is 1. The molecule has 0 aliphatic carbocycles. The summed E-state index contributed by atoms with van der Waals surface area (Å²) in [5.74, 6) is -0.734. The van der Waals surface area contributed by atoms with Crippen molar-refractivity contribution in [2.45, 2.75) is 19.3 Å². The second-order valence-electron chi connectivity index (χ2n) is 4.46. The zero-order valence-electron chi connectivity index (χ0n) is 11.4. The summed E-state index contributed by atoms with van der Waals surface area (Å²) in [6, 6.07) is 9.11. The van der Waals surface area contributed by atoms with Gasteiger partial charge in [-0.2, -0.15) is 0 Å². The average molecular weight is 272 g/mol. The van der Waals surface area contributed by atoms with E-state index in [-0.39, 0.29) is 0 Å². The van der Waals surface area contributed by atoms with Crippen LogP contribution < -0.4 is 4.74 Å². The second-order valence-corrected chi connectivity index (χ2v) is 4.46. The number of aliphatic carboxylic acids is 1. The van der Waals surface area contributed by atoms with Gasteiger partial charge in [0.25, 0.3) is 0 Å². The van der Waals surface area contributed by atoms with Gasteiger partial charge < -0.3 is 9.84 Å². The van der Waals surface area contributed by atoms with Crippen LogP contribution in [0.25, 0.3) is 0 Å². The molecule has 1 atom stereocenters. The number of hydrogen-bond acceptors (Lipinski definition) is 4. The van der Waals surface area contributed by atoms with Gasteiger partial charge in [-0.15, -0.1) is 0 Å². The van der Waals surface area contributed by atoms with Crippen LogP contribution >= 0.6 is 0 Å². The van der Waals surface area contributed by atoms with Gasteiger partial charge in [-0.3, -0.25) is 4.79 Å². The van der Waals surface area contributed by atoms with E-state index in [9.17, 15) is 9.90 Å². The molecule has 0 aliphatic rings. The van der Waals surface area contributed by atoms with Crippen molar-refractivity contribution >= 4 is 5.97 Å². The number of nitrogens with zero attached hydrogens (tertiary/aromatic N) is 2. The first-order valence-electron chi connectivity index (χ1n) is 6.26. The molecule has 5 nitrogen and oxygen atoms in total. The highest BCUT2D eigenvalue weighted by molar-refractivity contribution is 5.75. The fourth-order valence-corrected chi connectivity index (χ4v) is 2.02. The van der Waals surface area contributed by atoms with Crippen LogP contribution in [0, 0.1) is 6.92 Å². The fraction of sp³-hybridized carbons (Fsp3) is 0.267. The topological polar surface area (TPSA) is 72.3 Å². The molecule has 2 rings (SSSR count). The van der Waals surface area contributed by atoms with Crippen molar-refractivity contribution in [3.63, 3.8) is 0 Å². The van der Waals surface area contributed by atoms with E-state index in [1.807, 2.05) is 31.2 Å². The first kappa shape index (κ1) is 14.0. The average Bonchev–Trinajstić information content (AvgIpc) is 2.44. The van der Waals surface area contributed by atoms with E-state index in [0.29, 0.717) is 18.0 Å². The first-order valence-corrected chi connectivity index (χ1v) is 6.26. The van der Waals surface area contributed by atoms with Crippen molar-refractivity contribution in [2.24, 2.45) is 0 Å². The van der Waals surface area contributed by atoms with E-state index < -0.39 is 11.9 Å². The molecule has 1 aromatic carbocycles. The SMILES string of the molecule is COc1ccccc1CC(C(=O)O)c1nccc(C)n1. The summed E-state index contributed by atoms with van der Waals surface area (Å²) < 4.78 is 5.25. The lowest BCUT2D eigenvalue weighted by Gasteiger charge is -2.13. The standard InChI is InChI=1S/C15H16N2O3/c1-10-7-8-16-14(17-10)12(15(18)19)9-11-5-3-4-6-13(11)20-2/h3-8,12H,9H2,1-2H3,(H,18,19). The molecule has 0 saturated carbocycles. The third-order valence-electron chi connectivity index (χ3n) is 3.04. The quantitative estimate of drug-likeness (QED) is 0.903. The summed E-state index contributed by atoms with van der Waals surface area (Å²) in [6.45, 7) is 1.81. The zero-order chi connectivity index (χ0) is 14.5. The highest BCUT2D eigenvalue weighted by Crippen LogP contribution is 2.25. The van der Waals surface area contributed by atoms with E-state index >= 15 is 0 Å². The largest absolute Gasteiger partial charge is 0.496 e. The number of benzene rings is 1. The van der Waals surface area contributed by atoms with Crippen LogP contribution in [0.1, 0.15) is 23.0 Å².